The zero-order chi connectivity index (χ0) is 15.4. The molecule has 2 aromatic heterocycles. The molecule has 1 aliphatic rings. The second kappa shape index (κ2) is 5.28. The average molecular weight is 426 g/mol. The van der Waals surface area contributed by atoms with E-state index in [1.165, 1.54) is 13.3 Å². The molecule has 3 N–H and O–H groups in total. The summed E-state index contributed by atoms with van der Waals surface area (Å²) in [6.45, 7) is 1.07. The van der Waals surface area contributed by atoms with E-state index in [1.807, 2.05) is 0 Å². The normalized spacial score (nSPS) is 33.0. The lowest BCUT2D eigenvalue weighted by Gasteiger charge is -2.27. The van der Waals surface area contributed by atoms with Crippen molar-refractivity contribution in [2.75, 3.05) is 6.61 Å². The van der Waals surface area contributed by atoms with Gasteiger partial charge in [-0.25, -0.2) is 9.97 Å². The summed E-state index contributed by atoms with van der Waals surface area (Å²) in [7, 11) is 0. The molecule has 0 amide bonds. The summed E-state index contributed by atoms with van der Waals surface area (Å²) in [6.07, 6.45) is 0.0807. The summed E-state index contributed by atoms with van der Waals surface area (Å²) in [6, 6.07) is 0. The van der Waals surface area contributed by atoms with Crippen molar-refractivity contribution in [1.29, 1.82) is 0 Å². The van der Waals surface area contributed by atoms with Crippen LogP contribution in [0.1, 0.15) is 13.2 Å². The van der Waals surface area contributed by atoms with Crippen molar-refractivity contribution in [3.63, 3.8) is 0 Å². The Morgan fingerprint density at radius 2 is 2.24 bits per heavy atom. The standard InChI is InChI=1S/C12H13ClIN3O4/c1-12(20)8(19)6(3-18)21-11(12)17-2-5(14)7-9(13)15-4-16-10(7)17/h2,4,6,8,11,18-20H,3H2,1H3. The van der Waals surface area contributed by atoms with Crippen molar-refractivity contribution >= 4 is 45.2 Å². The molecule has 1 aliphatic heterocycles. The van der Waals surface area contributed by atoms with E-state index in [2.05, 4.69) is 32.6 Å². The van der Waals surface area contributed by atoms with Crippen molar-refractivity contribution in [2.24, 2.45) is 0 Å². The Hall–Kier alpha value is -0.520. The summed E-state index contributed by atoms with van der Waals surface area (Å²) >= 11 is 8.16. The molecule has 0 spiro atoms. The minimum absolute atomic E-state index is 0.306. The van der Waals surface area contributed by atoms with Gasteiger partial charge < -0.3 is 24.6 Å². The Balaban J connectivity index is 2.15. The molecule has 7 nitrogen and oxygen atoms in total. The molecule has 4 unspecified atom stereocenters. The zero-order valence-corrected chi connectivity index (χ0v) is 13.9. The molecule has 114 valence electrons. The third-order valence-corrected chi connectivity index (χ3v) is 4.81. The molecule has 1 fully saturated rings. The minimum atomic E-state index is -1.57. The van der Waals surface area contributed by atoms with Gasteiger partial charge in [0, 0.05) is 9.77 Å². The first kappa shape index (κ1) is 15.4. The van der Waals surface area contributed by atoms with Crippen molar-refractivity contribution in [2.45, 2.75) is 31.0 Å². The van der Waals surface area contributed by atoms with Crippen LogP contribution in [-0.2, 0) is 4.74 Å². The van der Waals surface area contributed by atoms with E-state index in [0.29, 0.717) is 16.2 Å². The highest BCUT2D eigenvalue weighted by atomic mass is 127. The van der Waals surface area contributed by atoms with Gasteiger partial charge in [0.1, 0.15) is 34.9 Å². The summed E-state index contributed by atoms with van der Waals surface area (Å²) < 4.78 is 7.99. The monoisotopic (exact) mass is 425 g/mol. The smallest absolute Gasteiger partial charge is 0.167 e. The highest BCUT2D eigenvalue weighted by Gasteiger charge is 2.53. The molecule has 0 saturated carbocycles. The number of fused-ring (bicyclic) bond motifs is 1. The number of ether oxygens (including phenoxy) is 1. The highest BCUT2D eigenvalue weighted by molar-refractivity contribution is 14.1. The summed E-state index contributed by atoms with van der Waals surface area (Å²) in [5.41, 5.74) is -1.07. The number of aromatic nitrogens is 3. The lowest BCUT2D eigenvalue weighted by atomic mass is 9.96. The Labute approximate surface area is 138 Å². The molecule has 21 heavy (non-hydrogen) atoms. The van der Waals surface area contributed by atoms with Gasteiger partial charge in [-0.1, -0.05) is 11.6 Å². The first-order valence-electron chi connectivity index (χ1n) is 6.21. The molecule has 3 heterocycles. The fourth-order valence-electron chi connectivity index (χ4n) is 2.57. The van der Waals surface area contributed by atoms with E-state index in [1.54, 1.807) is 10.8 Å². The molecule has 0 aromatic carbocycles. The lowest BCUT2D eigenvalue weighted by Crippen LogP contribution is -2.44. The second-order valence-electron chi connectivity index (χ2n) is 5.13. The predicted octanol–water partition coefficient (Wildman–Crippen LogP) is 0.691. The maximum absolute atomic E-state index is 10.5. The molecule has 0 bridgehead atoms. The van der Waals surface area contributed by atoms with Gasteiger partial charge >= 0.3 is 0 Å². The molecule has 0 aliphatic carbocycles. The van der Waals surface area contributed by atoms with Crippen LogP contribution in [0.5, 0.6) is 0 Å². The topological polar surface area (TPSA) is 101 Å². The van der Waals surface area contributed by atoms with Crippen LogP contribution >= 0.6 is 34.2 Å². The van der Waals surface area contributed by atoms with E-state index >= 15 is 0 Å². The van der Waals surface area contributed by atoms with E-state index in [4.69, 9.17) is 16.3 Å². The molecule has 2 aromatic rings. The molecule has 3 rings (SSSR count). The fraction of sp³-hybridized carbons (Fsp3) is 0.500. The summed E-state index contributed by atoms with van der Waals surface area (Å²) in [5.74, 6) is 0. The largest absolute Gasteiger partial charge is 0.394 e. The third-order valence-electron chi connectivity index (χ3n) is 3.70. The van der Waals surface area contributed by atoms with Crippen molar-refractivity contribution < 1.29 is 20.1 Å². The van der Waals surface area contributed by atoms with Crippen LogP contribution in [-0.4, -0.2) is 54.3 Å². The van der Waals surface area contributed by atoms with E-state index in [0.717, 1.165) is 3.57 Å². The highest BCUT2D eigenvalue weighted by Crippen LogP contribution is 2.41. The van der Waals surface area contributed by atoms with E-state index in [-0.39, 0.29) is 6.61 Å². The van der Waals surface area contributed by atoms with Crippen LogP contribution in [0.4, 0.5) is 0 Å². The maximum Gasteiger partial charge on any atom is 0.167 e. The summed E-state index contributed by atoms with van der Waals surface area (Å²) in [4.78, 5) is 8.11. The van der Waals surface area contributed by atoms with Gasteiger partial charge in [0.15, 0.2) is 6.23 Å². The van der Waals surface area contributed by atoms with Crippen molar-refractivity contribution in [3.05, 3.63) is 21.2 Å². The van der Waals surface area contributed by atoms with Crippen LogP contribution in [0.15, 0.2) is 12.5 Å². The molecule has 9 heteroatoms. The predicted molar refractivity (Wildman–Crippen MR) is 82.9 cm³/mol. The van der Waals surface area contributed by atoms with Crippen LogP contribution in [0.2, 0.25) is 5.15 Å². The Kier molecular flexibility index (Phi) is 3.87. The number of halogens is 2. The SMILES string of the molecule is CC1(O)C(O)C(CO)OC1n1cc(I)c2c(Cl)ncnc21. The minimum Gasteiger partial charge on any atom is -0.394 e. The van der Waals surface area contributed by atoms with Gasteiger partial charge in [-0.3, -0.25) is 0 Å². The number of hydrogen-bond acceptors (Lipinski definition) is 6. The average Bonchev–Trinajstić information content (AvgIpc) is 2.87. The van der Waals surface area contributed by atoms with Gasteiger partial charge in [0.2, 0.25) is 0 Å². The molecular weight excluding hydrogens is 413 g/mol. The van der Waals surface area contributed by atoms with Crippen LogP contribution in [0, 0.1) is 3.57 Å². The van der Waals surface area contributed by atoms with Gasteiger partial charge in [-0.15, -0.1) is 0 Å². The lowest BCUT2D eigenvalue weighted by molar-refractivity contribution is -0.0948. The Morgan fingerprint density at radius 3 is 2.86 bits per heavy atom. The van der Waals surface area contributed by atoms with E-state index < -0.39 is 24.0 Å². The first-order chi connectivity index (χ1) is 9.87. The van der Waals surface area contributed by atoms with Crippen molar-refractivity contribution in [3.8, 4) is 0 Å². The number of aliphatic hydroxyl groups is 3. The molecular formula is C12H13ClIN3O4. The fourth-order valence-corrected chi connectivity index (χ4v) is 3.76. The number of nitrogens with zero attached hydrogens (tertiary/aromatic N) is 3. The van der Waals surface area contributed by atoms with Gasteiger partial charge in [0.25, 0.3) is 0 Å². The second-order valence-corrected chi connectivity index (χ2v) is 6.65. The quantitative estimate of drug-likeness (QED) is 0.484. The summed E-state index contributed by atoms with van der Waals surface area (Å²) in [5, 5.41) is 30.8. The molecule has 4 atom stereocenters. The maximum atomic E-state index is 10.5. The van der Waals surface area contributed by atoms with Gasteiger partial charge in [0.05, 0.1) is 12.0 Å². The van der Waals surface area contributed by atoms with Crippen molar-refractivity contribution in [1.82, 2.24) is 14.5 Å². The zero-order valence-electron chi connectivity index (χ0n) is 10.9. The number of hydrogen-bond donors (Lipinski definition) is 3. The number of rotatable bonds is 2. The van der Waals surface area contributed by atoms with Gasteiger partial charge in [-0.2, -0.15) is 0 Å². The first-order valence-corrected chi connectivity index (χ1v) is 7.67. The van der Waals surface area contributed by atoms with Crippen LogP contribution < -0.4 is 0 Å². The van der Waals surface area contributed by atoms with Crippen LogP contribution in [0.25, 0.3) is 11.0 Å². The Morgan fingerprint density at radius 1 is 1.52 bits per heavy atom. The molecule has 0 radical (unpaired) electrons. The Bertz CT molecular complexity index is 692. The van der Waals surface area contributed by atoms with E-state index in [9.17, 15) is 15.3 Å². The third kappa shape index (κ3) is 2.25. The van der Waals surface area contributed by atoms with Gasteiger partial charge in [-0.05, 0) is 29.5 Å². The van der Waals surface area contributed by atoms with Crippen LogP contribution in [0.3, 0.4) is 0 Å². The molecule has 1 saturated heterocycles. The number of aliphatic hydroxyl groups excluding tert-OH is 2.